The number of rotatable bonds is 4. The van der Waals surface area contributed by atoms with Crippen LogP contribution in [0.25, 0.3) is 6.08 Å². The number of benzene rings is 2. The Morgan fingerprint density at radius 3 is 2.50 bits per heavy atom. The molecule has 0 fully saturated rings. The largest absolute Gasteiger partial charge is 0.497 e. The zero-order valence-electron chi connectivity index (χ0n) is 11.0. The lowest BCUT2D eigenvalue weighted by molar-refractivity contribution is 0.104. The fourth-order valence-electron chi connectivity index (χ4n) is 1.73. The van der Waals surface area contributed by atoms with E-state index in [0.717, 1.165) is 15.8 Å². The molecule has 2 rings (SSSR count). The van der Waals surface area contributed by atoms with Gasteiger partial charge in [0.05, 0.1) is 7.11 Å². The quantitative estimate of drug-likeness (QED) is 0.524. The summed E-state index contributed by atoms with van der Waals surface area (Å²) in [5.74, 6) is 0.663. The molecule has 3 nitrogen and oxygen atoms in total. The lowest BCUT2D eigenvalue weighted by Gasteiger charge is -2.02. The van der Waals surface area contributed by atoms with Gasteiger partial charge in [0.15, 0.2) is 5.78 Å². The molecule has 0 radical (unpaired) electrons. The van der Waals surface area contributed by atoms with E-state index in [1.165, 1.54) is 6.08 Å². The summed E-state index contributed by atoms with van der Waals surface area (Å²) >= 11 is 3.31. The van der Waals surface area contributed by atoms with Crippen molar-refractivity contribution in [3.63, 3.8) is 0 Å². The molecule has 2 aromatic carbocycles. The number of hydrogen-bond acceptors (Lipinski definition) is 3. The average molecular weight is 332 g/mol. The van der Waals surface area contributed by atoms with Gasteiger partial charge in [-0.2, -0.15) is 0 Å². The first-order valence-electron chi connectivity index (χ1n) is 6.01. The summed E-state index contributed by atoms with van der Waals surface area (Å²) in [6.07, 6.45) is 3.27. The molecule has 0 bridgehead atoms. The van der Waals surface area contributed by atoms with Gasteiger partial charge < -0.3 is 10.5 Å². The van der Waals surface area contributed by atoms with Gasteiger partial charge in [0.2, 0.25) is 0 Å². The fraction of sp³-hybridized carbons (Fsp3) is 0.0625. The van der Waals surface area contributed by atoms with Crippen molar-refractivity contribution in [2.24, 2.45) is 0 Å². The minimum absolute atomic E-state index is 0.120. The monoisotopic (exact) mass is 331 g/mol. The highest BCUT2D eigenvalue weighted by Crippen LogP contribution is 2.20. The van der Waals surface area contributed by atoms with Gasteiger partial charge in [-0.15, -0.1) is 0 Å². The van der Waals surface area contributed by atoms with Gasteiger partial charge in [-0.05, 0) is 42.0 Å². The van der Waals surface area contributed by atoms with Crippen molar-refractivity contribution in [2.75, 3.05) is 12.8 Å². The van der Waals surface area contributed by atoms with Gasteiger partial charge in [0.1, 0.15) is 5.75 Å². The van der Waals surface area contributed by atoms with Gasteiger partial charge in [0.25, 0.3) is 0 Å². The third-order valence-electron chi connectivity index (χ3n) is 2.82. The van der Waals surface area contributed by atoms with Crippen molar-refractivity contribution >= 4 is 33.5 Å². The molecule has 0 atom stereocenters. The van der Waals surface area contributed by atoms with Crippen LogP contribution >= 0.6 is 15.9 Å². The Balaban J connectivity index is 2.15. The minimum atomic E-state index is -0.120. The molecule has 0 heterocycles. The van der Waals surface area contributed by atoms with E-state index in [1.807, 2.05) is 24.3 Å². The molecule has 0 aliphatic carbocycles. The maximum atomic E-state index is 12.1. The third kappa shape index (κ3) is 3.48. The predicted octanol–water partition coefficient (Wildman–Crippen LogP) is 3.94. The van der Waals surface area contributed by atoms with Crippen molar-refractivity contribution in [1.82, 2.24) is 0 Å². The number of nitrogen functional groups attached to an aromatic ring is 1. The molecule has 0 aromatic heterocycles. The highest BCUT2D eigenvalue weighted by atomic mass is 79.9. The Kier molecular flexibility index (Phi) is 4.58. The molecule has 0 spiro atoms. The molecule has 0 amide bonds. The second-order valence-electron chi connectivity index (χ2n) is 4.20. The molecule has 102 valence electrons. The Bertz CT molecular complexity index is 648. The first kappa shape index (κ1) is 14.3. The minimum Gasteiger partial charge on any atom is -0.497 e. The second kappa shape index (κ2) is 6.39. The number of nitrogens with two attached hydrogens (primary N) is 1. The molecular weight excluding hydrogens is 318 g/mol. The van der Waals surface area contributed by atoms with Crippen molar-refractivity contribution in [3.8, 4) is 5.75 Å². The zero-order valence-corrected chi connectivity index (χ0v) is 12.6. The number of carbonyl (C=O) groups excluding carboxylic acids is 1. The number of ketones is 1. The maximum absolute atomic E-state index is 12.1. The number of halogens is 1. The second-order valence-corrected chi connectivity index (χ2v) is 5.12. The molecule has 0 aliphatic heterocycles. The summed E-state index contributed by atoms with van der Waals surface area (Å²) in [5.41, 5.74) is 7.71. The van der Waals surface area contributed by atoms with Crippen molar-refractivity contribution < 1.29 is 9.53 Å². The fourth-order valence-corrected chi connectivity index (χ4v) is 2.11. The van der Waals surface area contributed by atoms with E-state index in [0.29, 0.717) is 11.3 Å². The van der Waals surface area contributed by atoms with Crippen LogP contribution in [0.4, 0.5) is 5.69 Å². The summed E-state index contributed by atoms with van der Waals surface area (Å²) < 4.78 is 5.93. The average Bonchev–Trinajstić information content (AvgIpc) is 2.45. The SMILES string of the molecule is COc1ccc(C=CC(=O)c2ccc(Br)cc2N)cc1. The Morgan fingerprint density at radius 1 is 1.20 bits per heavy atom. The van der Waals surface area contributed by atoms with Crippen molar-refractivity contribution in [3.05, 3.63) is 64.1 Å². The Hall–Kier alpha value is -2.07. The normalized spacial score (nSPS) is 10.7. The van der Waals surface area contributed by atoms with Gasteiger partial charge in [-0.25, -0.2) is 0 Å². The molecule has 0 saturated heterocycles. The van der Waals surface area contributed by atoms with Gasteiger partial charge in [0, 0.05) is 15.7 Å². The molecule has 0 aliphatic rings. The van der Waals surface area contributed by atoms with Crippen LogP contribution in [0.5, 0.6) is 5.75 Å². The first-order chi connectivity index (χ1) is 9.60. The van der Waals surface area contributed by atoms with E-state index in [9.17, 15) is 4.79 Å². The van der Waals surface area contributed by atoms with Gasteiger partial charge >= 0.3 is 0 Å². The van der Waals surface area contributed by atoms with E-state index in [4.69, 9.17) is 10.5 Å². The summed E-state index contributed by atoms with van der Waals surface area (Å²) in [4.78, 5) is 12.1. The first-order valence-corrected chi connectivity index (χ1v) is 6.81. The number of anilines is 1. The molecule has 2 N–H and O–H groups in total. The standard InChI is InChI=1S/C16H14BrNO2/c1-20-13-6-2-11(3-7-13)4-9-16(19)14-8-5-12(17)10-15(14)18/h2-10H,18H2,1H3. The van der Waals surface area contributed by atoms with E-state index in [1.54, 1.807) is 31.4 Å². The summed E-state index contributed by atoms with van der Waals surface area (Å²) in [7, 11) is 1.62. The van der Waals surface area contributed by atoms with E-state index in [2.05, 4.69) is 15.9 Å². The zero-order chi connectivity index (χ0) is 14.5. The smallest absolute Gasteiger partial charge is 0.187 e. The lowest BCUT2D eigenvalue weighted by Crippen LogP contribution is -2.00. The van der Waals surface area contributed by atoms with Gasteiger partial charge in [-0.1, -0.05) is 34.1 Å². The predicted molar refractivity (Wildman–Crippen MR) is 84.9 cm³/mol. The highest BCUT2D eigenvalue weighted by molar-refractivity contribution is 9.10. The topological polar surface area (TPSA) is 52.3 Å². The lowest BCUT2D eigenvalue weighted by atomic mass is 10.1. The van der Waals surface area contributed by atoms with Crippen molar-refractivity contribution in [2.45, 2.75) is 0 Å². The van der Waals surface area contributed by atoms with Crippen LogP contribution in [0.15, 0.2) is 53.0 Å². The summed E-state index contributed by atoms with van der Waals surface area (Å²) in [6, 6.07) is 12.7. The third-order valence-corrected chi connectivity index (χ3v) is 3.32. The Morgan fingerprint density at radius 2 is 1.90 bits per heavy atom. The number of hydrogen-bond donors (Lipinski definition) is 1. The molecule has 4 heteroatoms. The van der Waals surface area contributed by atoms with Crippen LogP contribution in [-0.2, 0) is 0 Å². The van der Waals surface area contributed by atoms with Gasteiger partial charge in [-0.3, -0.25) is 4.79 Å². The van der Waals surface area contributed by atoms with Crippen LogP contribution < -0.4 is 10.5 Å². The van der Waals surface area contributed by atoms with E-state index >= 15 is 0 Å². The number of carbonyl (C=O) groups is 1. The molecule has 0 unspecified atom stereocenters. The maximum Gasteiger partial charge on any atom is 0.187 e. The van der Waals surface area contributed by atoms with Crippen LogP contribution in [-0.4, -0.2) is 12.9 Å². The van der Waals surface area contributed by atoms with Crippen LogP contribution in [0, 0.1) is 0 Å². The van der Waals surface area contributed by atoms with Crippen LogP contribution in [0.3, 0.4) is 0 Å². The molecule has 0 saturated carbocycles. The number of methoxy groups -OCH3 is 1. The molecular formula is C16H14BrNO2. The summed E-state index contributed by atoms with van der Waals surface area (Å²) in [6.45, 7) is 0. The van der Waals surface area contributed by atoms with Crippen molar-refractivity contribution in [1.29, 1.82) is 0 Å². The Labute approximate surface area is 126 Å². The summed E-state index contributed by atoms with van der Waals surface area (Å²) in [5, 5.41) is 0. The molecule has 20 heavy (non-hydrogen) atoms. The number of ether oxygens (including phenoxy) is 1. The van der Waals surface area contributed by atoms with Crippen LogP contribution in [0.2, 0.25) is 0 Å². The molecule has 2 aromatic rings. The number of allylic oxidation sites excluding steroid dienone is 1. The van der Waals surface area contributed by atoms with E-state index in [-0.39, 0.29) is 5.78 Å². The van der Waals surface area contributed by atoms with Crippen LogP contribution in [0.1, 0.15) is 15.9 Å². The van der Waals surface area contributed by atoms with E-state index < -0.39 is 0 Å². The highest BCUT2D eigenvalue weighted by Gasteiger charge is 2.06.